The largest absolute Gasteiger partial charge is 0.488 e. The van der Waals surface area contributed by atoms with Crippen LogP contribution in [0, 0.1) is 0 Å². The Morgan fingerprint density at radius 1 is 0.889 bits per heavy atom. The summed E-state index contributed by atoms with van der Waals surface area (Å²) in [4.78, 5) is 41.7. The van der Waals surface area contributed by atoms with E-state index in [-0.39, 0.29) is 18.1 Å². The maximum Gasteiger partial charge on any atom is 0.410 e. The van der Waals surface area contributed by atoms with E-state index in [0.29, 0.717) is 50.7 Å². The van der Waals surface area contributed by atoms with E-state index in [1.807, 2.05) is 39.0 Å². The lowest BCUT2D eigenvalue weighted by Crippen LogP contribution is -2.50. The van der Waals surface area contributed by atoms with E-state index in [2.05, 4.69) is 0 Å². The summed E-state index contributed by atoms with van der Waals surface area (Å²) in [6.45, 7) is 8.10. The highest BCUT2D eigenvalue weighted by Gasteiger charge is 2.32. The number of benzene rings is 1. The van der Waals surface area contributed by atoms with Crippen molar-refractivity contribution in [2.75, 3.05) is 39.3 Å². The summed E-state index contributed by atoms with van der Waals surface area (Å²) in [5.74, 6) is 1.07. The molecule has 1 aliphatic carbocycles. The van der Waals surface area contributed by atoms with Crippen LogP contribution in [0.15, 0.2) is 18.2 Å². The molecular formula is C27H39N3O6. The molecule has 3 aliphatic rings. The van der Waals surface area contributed by atoms with Crippen molar-refractivity contribution in [3.8, 4) is 5.75 Å². The van der Waals surface area contributed by atoms with Crippen molar-refractivity contribution in [2.45, 2.75) is 76.9 Å². The summed E-state index contributed by atoms with van der Waals surface area (Å²) in [5.41, 5.74) is 1.15. The zero-order valence-electron chi connectivity index (χ0n) is 21.7. The first-order chi connectivity index (χ1) is 17.1. The Kier molecular flexibility index (Phi) is 7.95. The van der Waals surface area contributed by atoms with Crippen LogP contribution in [0.3, 0.4) is 0 Å². The van der Waals surface area contributed by atoms with Gasteiger partial charge in [-0.2, -0.15) is 0 Å². The second-order valence-corrected chi connectivity index (χ2v) is 11.1. The van der Waals surface area contributed by atoms with Crippen LogP contribution in [0.2, 0.25) is 0 Å². The van der Waals surface area contributed by atoms with Gasteiger partial charge in [-0.05, 0) is 63.3 Å². The Labute approximate surface area is 213 Å². The van der Waals surface area contributed by atoms with Gasteiger partial charge in [-0.1, -0.05) is 19.3 Å². The van der Waals surface area contributed by atoms with Crippen LogP contribution < -0.4 is 4.74 Å². The number of nitrogens with zero attached hydrogens (tertiary/aromatic N) is 3. The maximum absolute atomic E-state index is 13.3. The number of carbonyl (C=O) groups excluding carboxylic acids is 2. The van der Waals surface area contributed by atoms with Crippen LogP contribution in [0.25, 0.3) is 0 Å². The summed E-state index contributed by atoms with van der Waals surface area (Å²) in [5, 5.41) is 9.18. The number of carboxylic acid groups (broad SMARTS) is 1. The van der Waals surface area contributed by atoms with Crippen molar-refractivity contribution < 1.29 is 29.0 Å². The number of likely N-dealkylation sites (tertiary alicyclic amines) is 1. The number of piperazine rings is 1. The molecule has 9 nitrogen and oxygen atoms in total. The van der Waals surface area contributed by atoms with E-state index in [4.69, 9.17) is 9.47 Å². The molecule has 0 spiro atoms. The van der Waals surface area contributed by atoms with Crippen molar-refractivity contribution >= 4 is 18.1 Å². The molecule has 2 heterocycles. The highest BCUT2D eigenvalue weighted by atomic mass is 16.6. The van der Waals surface area contributed by atoms with E-state index in [9.17, 15) is 19.5 Å². The van der Waals surface area contributed by atoms with Crippen molar-refractivity contribution in [2.24, 2.45) is 0 Å². The van der Waals surface area contributed by atoms with Gasteiger partial charge in [0.1, 0.15) is 17.5 Å². The molecule has 198 valence electrons. The van der Waals surface area contributed by atoms with Crippen LogP contribution in [0.4, 0.5) is 9.59 Å². The number of carbonyl (C=O) groups is 3. The van der Waals surface area contributed by atoms with Crippen LogP contribution in [0.1, 0.15) is 81.1 Å². The van der Waals surface area contributed by atoms with Crippen molar-refractivity contribution in [1.82, 2.24) is 14.7 Å². The third-order valence-corrected chi connectivity index (χ3v) is 7.23. The van der Waals surface area contributed by atoms with Gasteiger partial charge >= 0.3 is 12.2 Å². The van der Waals surface area contributed by atoms with Crippen LogP contribution in [-0.4, -0.2) is 88.9 Å². The molecule has 3 amide bonds. The molecule has 1 aromatic carbocycles. The highest BCUT2D eigenvalue weighted by Crippen LogP contribution is 2.39. The first-order valence-corrected chi connectivity index (χ1v) is 13.2. The summed E-state index contributed by atoms with van der Waals surface area (Å²) in [6, 6.07) is 5.70. The lowest BCUT2D eigenvalue weighted by atomic mass is 9.83. The normalized spacial score (nSPS) is 21.4. The predicted molar refractivity (Wildman–Crippen MR) is 135 cm³/mol. The molecule has 2 aliphatic heterocycles. The lowest BCUT2D eigenvalue weighted by molar-refractivity contribution is 0.0275. The van der Waals surface area contributed by atoms with Gasteiger partial charge in [0.2, 0.25) is 0 Å². The number of rotatable bonds is 4. The van der Waals surface area contributed by atoms with Crippen molar-refractivity contribution in [3.05, 3.63) is 29.3 Å². The SMILES string of the molecule is CC(C)(C)OC(=O)N1CCC(Oc2ccc(C(=O)N3CCN(C(=O)O)CC3)cc2C2CCCCC2)C1. The molecule has 36 heavy (non-hydrogen) atoms. The van der Waals surface area contributed by atoms with Gasteiger partial charge in [0.05, 0.1) is 6.54 Å². The minimum absolute atomic E-state index is 0.0689. The predicted octanol–water partition coefficient (Wildman–Crippen LogP) is 4.56. The molecule has 1 saturated carbocycles. The molecule has 3 fully saturated rings. The Bertz CT molecular complexity index is 961. The molecule has 1 N–H and O–H groups in total. The summed E-state index contributed by atoms with van der Waals surface area (Å²) < 4.78 is 12.0. The number of amides is 3. The molecule has 0 bridgehead atoms. The second-order valence-electron chi connectivity index (χ2n) is 11.1. The van der Waals surface area contributed by atoms with Gasteiger partial charge in [-0.3, -0.25) is 4.79 Å². The van der Waals surface area contributed by atoms with E-state index < -0.39 is 11.7 Å². The van der Waals surface area contributed by atoms with E-state index in [1.165, 1.54) is 11.3 Å². The van der Waals surface area contributed by atoms with Gasteiger partial charge in [-0.25, -0.2) is 9.59 Å². The van der Waals surface area contributed by atoms with E-state index in [0.717, 1.165) is 43.4 Å². The molecule has 2 saturated heterocycles. The zero-order valence-corrected chi connectivity index (χ0v) is 21.7. The fourth-order valence-electron chi connectivity index (χ4n) is 5.30. The van der Waals surface area contributed by atoms with E-state index in [1.54, 1.807) is 9.80 Å². The first-order valence-electron chi connectivity index (χ1n) is 13.2. The van der Waals surface area contributed by atoms with E-state index >= 15 is 0 Å². The second kappa shape index (κ2) is 11.0. The number of ether oxygens (including phenoxy) is 2. The van der Waals surface area contributed by atoms with Crippen molar-refractivity contribution in [3.63, 3.8) is 0 Å². The number of hydrogen-bond acceptors (Lipinski definition) is 5. The minimum Gasteiger partial charge on any atom is -0.488 e. The standard InChI is InChI=1S/C27H39N3O6/c1-27(2,3)36-26(34)30-12-11-21(18-30)35-23-10-9-20(17-22(23)19-7-5-4-6-8-19)24(31)28-13-15-29(16-14-28)25(32)33/h9-10,17,19,21H,4-8,11-16,18H2,1-3H3,(H,32,33). The fraction of sp³-hybridized carbons (Fsp3) is 0.667. The Morgan fingerprint density at radius 3 is 2.19 bits per heavy atom. The molecule has 1 atom stereocenters. The monoisotopic (exact) mass is 501 g/mol. The molecular weight excluding hydrogens is 462 g/mol. The third-order valence-electron chi connectivity index (χ3n) is 7.23. The highest BCUT2D eigenvalue weighted by molar-refractivity contribution is 5.95. The van der Waals surface area contributed by atoms with Gasteiger partial charge < -0.3 is 29.3 Å². The van der Waals surface area contributed by atoms with Gasteiger partial charge in [-0.15, -0.1) is 0 Å². The lowest BCUT2D eigenvalue weighted by Gasteiger charge is -2.33. The maximum atomic E-state index is 13.3. The smallest absolute Gasteiger partial charge is 0.410 e. The molecule has 4 rings (SSSR count). The average molecular weight is 502 g/mol. The summed E-state index contributed by atoms with van der Waals surface area (Å²) in [7, 11) is 0. The summed E-state index contributed by atoms with van der Waals surface area (Å²) in [6.07, 6.45) is 5.05. The fourth-order valence-corrected chi connectivity index (χ4v) is 5.30. The number of hydrogen-bond donors (Lipinski definition) is 1. The van der Waals surface area contributed by atoms with Gasteiger partial charge in [0.15, 0.2) is 0 Å². The zero-order chi connectivity index (χ0) is 25.9. The molecule has 1 aromatic rings. The van der Waals surface area contributed by atoms with Crippen LogP contribution in [-0.2, 0) is 4.74 Å². The minimum atomic E-state index is -0.944. The average Bonchev–Trinajstić information content (AvgIpc) is 3.32. The topological polar surface area (TPSA) is 99.6 Å². The van der Waals surface area contributed by atoms with Crippen LogP contribution in [0.5, 0.6) is 5.75 Å². The molecule has 9 heteroatoms. The van der Waals surface area contributed by atoms with Crippen molar-refractivity contribution in [1.29, 1.82) is 0 Å². The van der Waals surface area contributed by atoms with Gasteiger partial charge in [0.25, 0.3) is 5.91 Å². The Morgan fingerprint density at radius 2 is 1.56 bits per heavy atom. The third kappa shape index (κ3) is 6.42. The molecule has 0 radical (unpaired) electrons. The summed E-state index contributed by atoms with van der Waals surface area (Å²) >= 11 is 0. The Balaban J connectivity index is 1.47. The molecule has 0 aromatic heterocycles. The first kappa shape index (κ1) is 26.1. The van der Waals surface area contributed by atoms with Crippen LogP contribution >= 0.6 is 0 Å². The molecule has 1 unspecified atom stereocenters. The quantitative estimate of drug-likeness (QED) is 0.649. The Hall–Kier alpha value is -2.97. The van der Waals surface area contributed by atoms with Gasteiger partial charge in [0, 0.05) is 44.7 Å².